The lowest BCUT2D eigenvalue weighted by Gasteiger charge is -2.07. The van der Waals surface area contributed by atoms with E-state index in [-0.39, 0.29) is 28.5 Å². The van der Waals surface area contributed by atoms with Gasteiger partial charge in [-0.15, -0.1) is 8.78 Å². The fourth-order valence-electron chi connectivity index (χ4n) is 1.86. The summed E-state index contributed by atoms with van der Waals surface area (Å²) in [7, 11) is 0. The maximum absolute atomic E-state index is 12.9. The first-order valence-electron chi connectivity index (χ1n) is 5.94. The summed E-state index contributed by atoms with van der Waals surface area (Å²) in [5.74, 6) is -1.03. The van der Waals surface area contributed by atoms with Crippen molar-refractivity contribution in [3.63, 3.8) is 0 Å². The summed E-state index contributed by atoms with van der Waals surface area (Å²) in [5.41, 5.74) is 0.309. The predicted octanol–water partition coefficient (Wildman–Crippen LogP) is 2.97. The zero-order chi connectivity index (χ0) is 15.0. The van der Waals surface area contributed by atoms with Gasteiger partial charge >= 0.3 is 6.29 Å². The molecule has 3 rings (SSSR count). The fourth-order valence-corrected chi connectivity index (χ4v) is 1.86. The van der Waals surface area contributed by atoms with E-state index < -0.39 is 12.2 Å². The number of anilines is 1. The molecule has 0 unspecified atom stereocenters. The molecule has 2 aromatic rings. The minimum atomic E-state index is -3.73. The van der Waals surface area contributed by atoms with Gasteiger partial charge in [-0.3, -0.25) is 4.79 Å². The average molecular weight is 293 g/mol. The molecule has 0 fully saturated rings. The maximum Gasteiger partial charge on any atom is 0.586 e. The second-order valence-electron chi connectivity index (χ2n) is 4.30. The van der Waals surface area contributed by atoms with Gasteiger partial charge in [0.2, 0.25) is 0 Å². The number of ether oxygens (including phenoxy) is 2. The Morgan fingerprint density at radius 3 is 2.57 bits per heavy atom. The Bertz CT molecular complexity index is 718. The molecule has 0 saturated heterocycles. The molecular formula is C14H9F2NO4. The van der Waals surface area contributed by atoms with Crippen LogP contribution < -0.4 is 14.8 Å². The number of carbonyl (C=O) groups is 1. The van der Waals surface area contributed by atoms with Gasteiger partial charge in [-0.1, -0.05) is 12.1 Å². The molecule has 1 amide bonds. The highest BCUT2D eigenvalue weighted by Crippen LogP contribution is 2.41. The van der Waals surface area contributed by atoms with Gasteiger partial charge in [0, 0.05) is 5.56 Å². The number of amides is 1. The maximum atomic E-state index is 12.9. The van der Waals surface area contributed by atoms with Crippen molar-refractivity contribution in [2.75, 3.05) is 5.32 Å². The number of benzene rings is 2. The molecule has 2 N–H and O–H groups in total. The fraction of sp³-hybridized carbons (Fsp3) is 0.0714. The molecule has 2 aromatic carbocycles. The number of rotatable bonds is 2. The van der Waals surface area contributed by atoms with E-state index in [1.54, 1.807) is 12.1 Å². The minimum Gasteiger partial charge on any atom is -0.506 e. The van der Waals surface area contributed by atoms with Crippen molar-refractivity contribution in [1.29, 1.82) is 0 Å². The third kappa shape index (κ3) is 2.58. The molecule has 0 aliphatic carbocycles. The zero-order valence-electron chi connectivity index (χ0n) is 10.5. The van der Waals surface area contributed by atoms with Crippen molar-refractivity contribution >= 4 is 11.6 Å². The molecule has 108 valence electrons. The van der Waals surface area contributed by atoms with Crippen LogP contribution in [0.5, 0.6) is 17.2 Å². The summed E-state index contributed by atoms with van der Waals surface area (Å²) in [4.78, 5) is 12.0. The van der Waals surface area contributed by atoms with E-state index in [0.29, 0.717) is 0 Å². The molecule has 1 aliphatic heterocycles. The van der Waals surface area contributed by atoms with Gasteiger partial charge in [0.25, 0.3) is 5.91 Å². The van der Waals surface area contributed by atoms with Gasteiger partial charge in [0.1, 0.15) is 5.75 Å². The second-order valence-corrected chi connectivity index (χ2v) is 4.30. The van der Waals surface area contributed by atoms with Gasteiger partial charge in [0.15, 0.2) is 11.5 Å². The zero-order valence-corrected chi connectivity index (χ0v) is 10.5. The van der Waals surface area contributed by atoms with E-state index in [4.69, 9.17) is 0 Å². The normalized spacial score (nSPS) is 14.8. The Balaban J connectivity index is 1.83. The second kappa shape index (κ2) is 4.62. The van der Waals surface area contributed by atoms with Crippen LogP contribution in [0.25, 0.3) is 0 Å². The van der Waals surface area contributed by atoms with Crippen LogP contribution >= 0.6 is 0 Å². The van der Waals surface area contributed by atoms with E-state index in [1.165, 1.54) is 24.3 Å². The molecule has 0 atom stereocenters. The topological polar surface area (TPSA) is 67.8 Å². The quantitative estimate of drug-likeness (QED) is 0.835. The van der Waals surface area contributed by atoms with Gasteiger partial charge in [-0.2, -0.15) is 0 Å². The van der Waals surface area contributed by atoms with E-state index in [9.17, 15) is 18.7 Å². The third-order valence-corrected chi connectivity index (χ3v) is 2.82. The molecule has 21 heavy (non-hydrogen) atoms. The first-order valence-corrected chi connectivity index (χ1v) is 5.94. The number of alkyl halides is 2. The summed E-state index contributed by atoms with van der Waals surface area (Å²) in [6.45, 7) is 0. The number of phenols is 1. The number of phenolic OH excluding ortho intramolecular Hbond substituents is 1. The van der Waals surface area contributed by atoms with E-state index in [2.05, 4.69) is 14.8 Å². The number of halogens is 2. The standard InChI is InChI=1S/C14H9F2NO4/c15-14(16)20-11-6-5-8(7-12(11)21-14)13(19)17-9-3-1-2-4-10(9)18/h1-7,18H,(H,17,19). The van der Waals surface area contributed by atoms with E-state index >= 15 is 0 Å². The van der Waals surface area contributed by atoms with Gasteiger partial charge in [-0.05, 0) is 30.3 Å². The average Bonchev–Trinajstić information content (AvgIpc) is 2.74. The smallest absolute Gasteiger partial charge is 0.506 e. The van der Waals surface area contributed by atoms with Crippen LogP contribution in [0.2, 0.25) is 0 Å². The van der Waals surface area contributed by atoms with Crippen molar-refractivity contribution in [3.8, 4) is 17.2 Å². The lowest BCUT2D eigenvalue weighted by atomic mass is 10.2. The van der Waals surface area contributed by atoms with E-state index in [1.807, 2.05) is 0 Å². The lowest BCUT2D eigenvalue weighted by molar-refractivity contribution is -0.286. The first-order chi connectivity index (χ1) is 9.94. The number of hydrogen-bond donors (Lipinski definition) is 2. The van der Waals surface area contributed by atoms with Crippen LogP contribution in [0, 0.1) is 0 Å². The van der Waals surface area contributed by atoms with Crippen molar-refractivity contribution < 1.29 is 28.2 Å². The largest absolute Gasteiger partial charge is 0.586 e. The molecule has 1 heterocycles. The molecule has 0 aromatic heterocycles. The molecule has 0 radical (unpaired) electrons. The number of para-hydroxylation sites is 2. The summed E-state index contributed by atoms with van der Waals surface area (Å²) in [6, 6.07) is 9.84. The summed E-state index contributed by atoms with van der Waals surface area (Å²) < 4.78 is 34.3. The molecule has 0 saturated carbocycles. The number of nitrogens with one attached hydrogen (secondary N) is 1. The summed E-state index contributed by atoms with van der Waals surface area (Å²) >= 11 is 0. The van der Waals surface area contributed by atoms with Crippen LogP contribution in [0.4, 0.5) is 14.5 Å². The summed E-state index contributed by atoms with van der Waals surface area (Å²) in [6.07, 6.45) is -3.73. The number of fused-ring (bicyclic) bond motifs is 1. The first kappa shape index (κ1) is 13.2. The molecule has 1 aliphatic rings. The molecule has 0 spiro atoms. The van der Waals surface area contributed by atoms with Crippen LogP contribution in [0.15, 0.2) is 42.5 Å². The Labute approximate surface area is 117 Å². The Morgan fingerprint density at radius 1 is 1.10 bits per heavy atom. The van der Waals surface area contributed by atoms with Crippen LogP contribution in [-0.2, 0) is 0 Å². The highest BCUT2D eigenvalue weighted by molar-refractivity contribution is 6.05. The highest BCUT2D eigenvalue weighted by atomic mass is 19.3. The van der Waals surface area contributed by atoms with Gasteiger partial charge in [-0.25, -0.2) is 0 Å². The third-order valence-electron chi connectivity index (χ3n) is 2.82. The Kier molecular flexibility index (Phi) is 2.90. The van der Waals surface area contributed by atoms with Crippen molar-refractivity contribution in [2.45, 2.75) is 6.29 Å². The van der Waals surface area contributed by atoms with E-state index in [0.717, 1.165) is 6.07 Å². The van der Waals surface area contributed by atoms with Crippen LogP contribution in [0.1, 0.15) is 10.4 Å². The molecule has 5 nitrogen and oxygen atoms in total. The highest BCUT2D eigenvalue weighted by Gasteiger charge is 2.43. The van der Waals surface area contributed by atoms with Crippen molar-refractivity contribution in [3.05, 3.63) is 48.0 Å². The predicted molar refractivity (Wildman–Crippen MR) is 68.7 cm³/mol. The Morgan fingerprint density at radius 2 is 1.81 bits per heavy atom. The number of aromatic hydroxyl groups is 1. The minimum absolute atomic E-state index is 0.0957. The van der Waals surface area contributed by atoms with Gasteiger partial charge < -0.3 is 19.9 Å². The molecule has 0 bridgehead atoms. The SMILES string of the molecule is O=C(Nc1ccccc1O)c1ccc2c(c1)OC(F)(F)O2. The Hall–Kier alpha value is -2.83. The molecular weight excluding hydrogens is 284 g/mol. The van der Waals surface area contributed by atoms with Crippen molar-refractivity contribution in [1.82, 2.24) is 0 Å². The van der Waals surface area contributed by atoms with Crippen molar-refractivity contribution in [2.24, 2.45) is 0 Å². The molecule has 7 heteroatoms. The van der Waals surface area contributed by atoms with Crippen LogP contribution in [-0.4, -0.2) is 17.3 Å². The van der Waals surface area contributed by atoms with Crippen LogP contribution in [0.3, 0.4) is 0 Å². The summed E-state index contributed by atoms with van der Waals surface area (Å²) in [5, 5.41) is 12.0. The number of hydrogen-bond acceptors (Lipinski definition) is 4. The monoisotopic (exact) mass is 293 g/mol. The number of carbonyl (C=O) groups excluding carboxylic acids is 1. The lowest BCUT2D eigenvalue weighted by Crippen LogP contribution is -2.25. The van der Waals surface area contributed by atoms with Gasteiger partial charge in [0.05, 0.1) is 5.69 Å².